The summed E-state index contributed by atoms with van der Waals surface area (Å²) in [4.78, 5) is 34.2. The van der Waals surface area contributed by atoms with Gasteiger partial charge in [0, 0.05) is 24.4 Å². The molecule has 162 valence electrons. The van der Waals surface area contributed by atoms with Crippen molar-refractivity contribution < 1.29 is 28.3 Å². The molecule has 1 amide bonds. The molecule has 0 unspecified atom stereocenters. The van der Waals surface area contributed by atoms with Crippen molar-refractivity contribution in [1.29, 1.82) is 0 Å². The fourth-order valence-corrected chi connectivity index (χ4v) is 3.97. The molecule has 1 aliphatic heterocycles. The smallest absolute Gasteiger partial charge is 0.312 e. The van der Waals surface area contributed by atoms with Crippen molar-refractivity contribution in [2.24, 2.45) is 0 Å². The highest BCUT2D eigenvalue weighted by molar-refractivity contribution is 7.14. The molecule has 11 heteroatoms. The van der Waals surface area contributed by atoms with E-state index in [9.17, 15) is 9.59 Å². The Morgan fingerprint density at radius 3 is 2.87 bits per heavy atom. The first-order valence-electron chi connectivity index (χ1n) is 9.52. The van der Waals surface area contributed by atoms with Crippen LogP contribution in [0.1, 0.15) is 24.4 Å². The Kier molecular flexibility index (Phi) is 6.12. The predicted molar refractivity (Wildman–Crippen MR) is 110 cm³/mol. The maximum Gasteiger partial charge on any atom is 0.312 e. The minimum Gasteiger partial charge on any atom is -0.497 e. The van der Waals surface area contributed by atoms with Crippen molar-refractivity contribution in [2.75, 3.05) is 25.7 Å². The van der Waals surface area contributed by atoms with Crippen LogP contribution in [0.3, 0.4) is 0 Å². The van der Waals surface area contributed by atoms with Gasteiger partial charge in [0.05, 0.1) is 31.9 Å². The molecule has 0 spiro atoms. The van der Waals surface area contributed by atoms with Crippen LogP contribution in [-0.4, -0.2) is 47.8 Å². The fraction of sp³-hybridized carbons (Fsp3) is 0.350. The molecule has 3 heterocycles. The molecular formula is C20H20N4O6S. The third-order valence-electron chi connectivity index (χ3n) is 4.64. The first-order valence-corrected chi connectivity index (χ1v) is 10.4. The zero-order chi connectivity index (χ0) is 21.8. The first-order chi connectivity index (χ1) is 15.1. The van der Waals surface area contributed by atoms with Gasteiger partial charge in [0.25, 0.3) is 5.89 Å². The number of anilines is 1. The number of carbonyl (C=O) groups excluding carboxylic acids is 2. The lowest BCUT2D eigenvalue weighted by Gasteiger charge is -2.10. The lowest BCUT2D eigenvalue weighted by molar-refractivity contribution is -0.145. The van der Waals surface area contributed by atoms with Crippen molar-refractivity contribution >= 4 is 28.3 Å². The zero-order valence-corrected chi connectivity index (χ0v) is 17.8. The fourth-order valence-electron chi connectivity index (χ4n) is 3.10. The van der Waals surface area contributed by atoms with Crippen LogP contribution in [0.5, 0.6) is 11.5 Å². The van der Waals surface area contributed by atoms with Crippen molar-refractivity contribution in [1.82, 2.24) is 15.1 Å². The van der Waals surface area contributed by atoms with E-state index in [1.807, 2.05) is 0 Å². The number of esters is 1. The van der Waals surface area contributed by atoms with E-state index in [4.69, 9.17) is 18.7 Å². The summed E-state index contributed by atoms with van der Waals surface area (Å²) < 4.78 is 20.9. The lowest BCUT2D eigenvalue weighted by Crippen LogP contribution is -2.23. The highest BCUT2D eigenvalue weighted by Crippen LogP contribution is 2.31. The van der Waals surface area contributed by atoms with Gasteiger partial charge in [0.2, 0.25) is 11.7 Å². The van der Waals surface area contributed by atoms with Gasteiger partial charge in [-0.3, -0.25) is 14.5 Å². The maximum absolute atomic E-state index is 12.2. The Morgan fingerprint density at radius 1 is 1.26 bits per heavy atom. The van der Waals surface area contributed by atoms with E-state index in [-0.39, 0.29) is 24.8 Å². The summed E-state index contributed by atoms with van der Waals surface area (Å²) in [5, 5.41) is 6.28. The molecular weight excluding hydrogens is 424 g/mol. The van der Waals surface area contributed by atoms with Crippen LogP contribution in [0.4, 0.5) is 5.13 Å². The summed E-state index contributed by atoms with van der Waals surface area (Å²) in [7, 11) is 3.10. The molecule has 0 radical (unpaired) electrons. The molecule has 1 fully saturated rings. The van der Waals surface area contributed by atoms with Crippen molar-refractivity contribution in [2.45, 2.75) is 25.9 Å². The average Bonchev–Trinajstić information content (AvgIpc) is 3.53. The van der Waals surface area contributed by atoms with Crippen molar-refractivity contribution in [3.63, 3.8) is 0 Å². The standard InChI is InChI=1S/C20H20N4O6S/c1-27-13-5-6-14(15(9-13)28-2)19-22-16(30-23-19)10-29-18(26)8-12-11-31-20(21-12)24-7-3-4-17(24)25/h5-6,9,11H,3-4,7-8,10H2,1-2H3. The lowest BCUT2D eigenvalue weighted by atomic mass is 10.2. The monoisotopic (exact) mass is 444 g/mol. The average molecular weight is 444 g/mol. The molecule has 3 aromatic rings. The van der Waals surface area contributed by atoms with Gasteiger partial charge >= 0.3 is 5.97 Å². The number of methoxy groups -OCH3 is 2. The Balaban J connectivity index is 1.34. The Labute approximate surface area is 181 Å². The molecule has 0 aliphatic carbocycles. The van der Waals surface area contributed by atoms with Gasteiger partial charge in [-0.1, -0.05) is 5.16 Å². The van der Waals surface area contributed by atoms with E-state index in [0.717, 1.165) is 6.42 Å². The minimum absolute atomic E-state index is 0.00811. The van der Waals surface area contributed by atoms with E-state index in [1.165, 1.54) is 18.4 Å². The van der Waals surface area contributed by atoms with E-state index >= 15 is 0 Å². The van der Waals surface area contributed by atoms with Gasteiger partial charge in [0.15, 0.2) is 11.7 Å². The molecule has 1 aliphatic rings. The van der Waals surface area contributed by atoms with Gasteiger partial charge in [-0.2, -0.15) is 4.98 Å². The molecule has 1 saturated heterocycles. The van der Waals surface area contributed by atoms with Crippen molar-refractivity contribution in [3.8, 4) is 22.9 Å². The Bertz CT molecular complexity index is 1100. The summed E-state index contributed by atoms with van der Waals surface area (Å²) in [5.74, 6) is 1.21. The normalized spacial score (nSPS) is 13.5. The molecule has 4 rings (SSSR count). The van der Waals surface area contributed by atoms with Crippen LogP contribution >= 0.6 is 11.3 Å². The summed E-state index contributed by atoms with van der Waals surface area (Å²) in [6.45, 7) is 0.501. The molecule has 0 N–H and O–H groups in total. The van der Waals surface area contributed by atoms with Gasteiger partial charge in [-0.05, 0) is 18.6 Å². The summed E-state index contributed by atoms with van der Waals surface area (Å²) in [6, 6.07) is 5.22. The van der Waals surface area contributed by atoms with E-state index < -0.39 is 5.97 Å². The molecule has 2 aromatic heterocycles. The Hall–Kier alpha value is -3.47. The quantitative estimate of drug-likeness (QED) is 0.483. The molecule has 0 bridgehead atoms. The van der Waals surface area contributed by atoms with Crippen LogP contribution in [0.2, 0.25) is 0 Å². The van der Waals surface area contributed by atoms with Crippen LogP contribution < -0.4 is 14.4 Å². The molecule has 0 atom stereocenters. The number of benzene rings is 1. The second kappa shape index (κ2) is 9.13. The summed E-state index contributed by atoms with van der Waals surface area (Å²) in [6.07, 6.45) is 1.35. The largest absolute Gasteiger partial charge is 0.497 e. The number of amides is 1. The van der Waals surface area contributed by atoms with Crippen LogP contribution in [-0.2, 0) is 27.4 Å². The number of thiazole rings is 1. The number of aromatic nitrogens is 3. The first kappa shape index (κ1) is 20.8. The molecule has 1 aromatic carbocycles. The second-order valence-corrected chi connectivity index (χ2v) is 7.52. The molecule has 10 nitrogen and oxygen atoms in total. The molecule has 0 saturated carbocycles. The Morgan fingerprint density at radius 2 is 2.13 bits per heavy atom. The van der Waals surface area contributed by atoms with E-state index in [2.05, 4.69) is 15.1 Å². The number of hydrogen-bond donors (Lipinski definition) is 0. The maximum atomic E-state index is 12.2. The summed E-state index contributed by atoms with van der Waals surface area (Å²) >= 11 is 1.34. The minimum atomic E-state index is -0.480. The number of carbonyl (C=O) groups is 2. The highest BCUT2D eigenvalue weighted by atomic mass is 32.1. The van der Waals surface area contributed by atoms with Gasteiger partial charge in [-0.25, -0.2) is 4.98 Å². The number of rotatable bonds is 8. The van der Waals surface area contributed by atoms with Gasteiger partial charge in [-0.15, -0.1) is 11.3 Å². The SMILES string of the molecule is COc1ccc(-c2noc(COC(=O)Cc3csc(N4CCCC4=O)n3)n2)c(OC)c1. The van der Waals surface area contributed by atoms with E-state index in [1.54, 1.807) is 35.6 Å². The van der Waals surface area contributed by atoms with Crippen LogP contribution in [0, 0.1) is 0 Å². The van der Waals surface area contributed by atoms with Gasteiger partial charge < -0.3 is 18.7 Å². The van der Waals surface area contributed by atoms with Crippen LogP contribution in [0.25, 0.3) is 11.4 Å². The van der Waals surface area contributed by atoms with Crippen molar-refractivity contribution in [3.05, 3.63) is 35.2 Å². The third kappa shape index (κ3) is 4.66. The number of ether oxygens (including phenoxy) is 3. The van der Waals surface area contributed by atoms with E-state index in [0.29, 0.717) is 46.7 Å². The zero-order valence-electron chi connectivity index (χ0n) is 17.0. The van der Waals surface area contributed by atoms with Gasteiger partial charge in [0.1, 0.15) is 11.5 Å². The third-order valence-corrected chi connectivity index (χ3v) is 5.56. The number of nitrogens with zero attached hydrogens (tertiary/aromatic N) is 4. The summed E-state index contributed by atoms with van der Waals surface area (Å²) in [5.41, 5.74) is 1.18. The highest BCUT2D eigenvalue weighted by Gasteiger charge is 2.24. The topological polar surface area (TPSA) is 117 Å². The van der Waals surface area contributed by atoms with Crippen LogP contribution in [0.15, 0.2) is 28.1 Å². The molecule has 31 heavy (non-hydrogen) atoms. The second-order valence-electron chi connectivity index (χ2n) is 6.69. The number of hydrogen-bond acceptors (Lipinski definition) is 10. The predicted octanol–water partition coefficient (Wildman–Crippen LogP) is 2.62.